The van der Waals surface area contributed by atoms with E-state index in [1.165, 1.54) is 4.31 Å². The van der Waals surface area contributed by atoms with Crippen LogP contribution in [0.2, 0.25) is 0 Å². The highest BCUT2D eigenvalue weighted by Gasteiger charge is 2.36. The fourth-order valence-corrected chi connectivity index (χ4v) is 4.29. The molecule has 0 spiro atoms. The Labute approximate surface area is 159 Å². The number of halogens is 1. The Balaban J connectivity index is 1.58. The van der Waals surface area contributed by atoms with E-state index in [4.69, 9.17) is 0 Å². The van der Waals surface area contributed by atoms with Gasteiger partial charge in [0.05, 0.1) is 17.4 Å². The summed E-state index contributed by atoms with van der Waals surface area (Å²) in [6.45, 7) is 1.13. The Kier molecular flexibility index (Phi) is 5.18. The molecule has 2 aliphatic rings. The minimum absolute atomic E-state index is 0.00902. The third kappa shape index (κ3) is 3.67. The van der Waals surface area contributed by atoms with E-state index in [0.29, 0.717) is 28.7 Å². The van der Waals surface area contributed by atoms with Crippen molar-refractivity contribution in [2.75, 3.05) is 39.0 Å². The number of nitrogens with zero attached hydrogens (tertiary/aromatic N) is 3. The average Bonchev–Trinajstić information content (AvgIpc) is 2.82. The highest BCUT2D eigenvalue weighted by Crippen LogP contribution is 2.26. The van der Waals surface area contributed by atoms with Crippen molar-refractivity contribution in [3.05, 3.63) is 33.8 Å². The molecule has 0 bridgehead atoms. The molecular weight excluding hydrogens is 426 g/mol. The lowest BCUT2D eigenvalue weighted by Crippen LogP contribution is -2.50. The SMILES string of the molecule is CS(=O)(=O)N1CCN(C(=O)CCN2C(=O)c3ccc(Br)cc3C2=O)CC1. The number of carbonyl (C=O) groups is 3. The van der Waals surface area contributed by atoms with E-state index in [1.807, 2.05) is 0 Å². The number of sulfonamides is 1. The Hall–Kier alpha value is -1.78. The molecule has 0 saturated carbocycles. The second-order valence-corrected chi connectivity index (χ2v) is 9.14. The van der Waals surface area contributed by atoms with Gasteiger partial charge in [-0.3, -0.25) is 19.3 Å². The number of piperazine rings is 1. The molecule has 3 amide bonds. The summed E-state index contributed by atoms with van der Waals surface area (Å²) in [6, 6.07) is 4.88. The summed E-state index contributed by atoms with van der Waals surface area (Å²) >= 11 is 3.28. The molecule has 0 aromatic heterocycles. The smallest absolute Gasteiger partial charge is 0.261 e. The molecule has 2 aliphatic heterocycles. The number of carbonyl (C=O) groups excluding carboxylic acids is 3. The summed E-state index contributed by atoms with van der Waals surface area (Å²) in [5.41, 5.74) is 0.672. The number of imide groups is 1. The predicted octanol–water partition coefficient (Wildman–Crippen LogP) is 0.539. The minimum atomic E-state index is -3.26. The Morgan fingerprint density at radius 1 is 1.08 bits per heavy atom. The summed E-state index contributed by atoms with van der Waals surface area (Å²) in [5.74, 6) is -0.996. The van der Waals surface area contributed by atoms with Gasteiger partial charge < -0.3 is 4.90 Å². The molecule has 0 N–H and O–H groups in total. The van der Waals surface area contributed by atoms with E-state index < -0.39 is 21.8 Å². The van der Waals surface area contributed by atoms with Crippen LogP contribution in [0.1, 0.15) is 27.1 Å². The quantitative estimate of drug-likeness (QED) is 0.632. The Bertz CT molecular complexity index is 878. The van der Waals surface area contributed by atoms with Gasteiger partial charge in [-0.05, 0) is 18.2 Å². The average molecular weight is 444 g/mol. The number of hydrogen-bond acceptors (Lipinski definition) is 5. The lowest BCUT2D eigenvalue weighted by Gasteiger charge is -2.33. The summed E-state index contributed by atoms with van der Waals surface area (Å²) in [7, 11) is -3.26. The van der Waals surface area contributed by atoms with E-state index in [1.54, 1.807) is 23.1 Å². The van der Waals surface area contributed by atoms with Gasteiger partial charge in [-0.2, -0.15) is 4.31 Å². The van der Waals surface area contributed by atoms with Gasteiger partial charge in [-0.25, -0.2) is 8.42 Å². The molecule has 1 saturated heterocycles. The zero-order valence-corrected chi connectivity index (χ0v) is 16.5. The van der Waals surface area contributed by atoms with Crippen LogP contribution in [0.3, 0.4) is 0 Å². The van der Waals surface area contributed by atoms with Gasteiger partial charge in [-0.15, -0.1) is 0 Å². The van der Waals surface area contributed by atoms with Gasteiger partial charge in [0, 0.05) is 43.6 Å². The molecule has 1 aromatic rings. The van der Waals surface area contributed by atoms with Gasteiger partial charge in [0.1, 0.15) is 0 Å². The van der Waals surface area contributed by atoms with Crippen molar-refractivity contribution in [3.8, 4) is 0 Å². The molecule has 8 nitrogen and oxygen atoms in total. The molecule has 10 heteroatoms. The van der Waals surface area contributed by atoms with E-state index in [2.05, 4.69) is 15.9 Å². The fourth-order valence-electron chi connectivity index (χ4n) is 3.10. The van der Waals surface area contributed by atoms with Crippen molar-refractivity contribution in [1.82, 2.24) is 14.1 Å². The second-order valence-electron chi connectivity index (χ2n) is 6.24. The van der Waals surface area contributed by atoms with Crippen molar-refractivity contribution < 1.29 is 22.8 Å². The molecule has 1 aromatic carbocycles. The van der Waals surface area contributed by atoms with Gasteiger partial charge >= 0.3 is 0 Å². The van der Waals surface area contributed by atoms with Crippen molar-refractivity contribution in [2.24, 2.45) is 0 Å². The maximum atomic E-state index is 12.4. The highest BCUT2D eigenvalue weighted by atomic mass is 79.9. The first-order valence-electron chi connectivity index (χ1n) is 8.07. The normalized spacial score (nSPS) is 18.4. The van der Waals surface area contributed by atoms with Crippen LogP contribution in [0.15, 0.2) is 22.7 Å². The lowest BCUT2D eigenvalue weighted by molar-refractivity contribution is -0.132. The van der Waals surface area contributed by atoms with Crippen LogP contribution in [-0.2, 0) is 14.8 Å². The van der Waals surface area contributed by atoms with Crippen molar-refractivity contribution >= 4 is 43.7 Å². The number of amides is 3. The molecule has 0 atom stereocenters. The monoisotopic (exact) mass is 443 g/mol. The van der Waals surface area contributed by atoms with Crippen LogP contribution in [0.25, 0.3) is 0 Å². The molecule has 0 aliphatic carbocycles. The van der Waals surface area contributed by atoms with Crippen LogP contribution in [-0.4, -0.2) is 79.2 Å². The third-order valence-corrected chi connectivity index (χ3v) is 6.34. The number of rotatable bonds is 4. The van der Waals surface area contributed by atoms with Crippen LogP contribution in [0.4, 0.5) is 0 Å². The number of hydrogen-bond donors (Lipinski definition) is 0. The molecule has 0 radical (unpaired) electrons. The van der Waals surface area contributed by atoms with Crippen molar-refractivity contribution in [1.29, 1.82) is 0 Å². The largest absolute Gasteiger partial charge is 0.340 e. The minimum Gasteiger partial charge on any atom is -0.340 e. The van der Waals surface area contributed by atoms with E-state index in [-0.39, 0.29) is 32.0 Å². The molecule has 0 unspecified atom stereocenters. The lowest BCUT2D eigenvalue weighted by atomic mass is 10.1. The van der Waals surface area contributed by atoms with E-state index in [0.717, 1.165) is 11.2 Å². The predicted molar refractivity (Wildman–Crippen MR) is 97.1 cm³/mol. The van der Waals surface area contributed by atoms with Crippen LogP contribution >= 0.6 is 15.9 Å². The maximum Gasteiger partial charge on any atom is 0.261 e. The van der Waals surface area contributed by atoms with Crippen LogP contribution in [0, 0.1) is 0 Å². The van der Waals surface area contributed by atoms with Gasteiger partial charge in [0.15, 0.2) is 0 Å². The molecule has 3 rings (SSSR count). The first kappa shape index (κ1) is 19.0. The molecular formula is C16H18BrN3O5S. The second kappa shape index (κ2) is 7.09. The third-order valence-electron chi connectivity index (χ3n) is 4.54. The molecule has 1 fully saturated rings. The summed E-state index contributed by atoms with van der Waals surface area (Å²) in [4.78, 5) is 39.7. The first-order valence-corrected chi connectivity index (χ1v) is 10.7. The zero-order valence-electron chi connectivity index (χ0n) is 14.1. The standard InChI is InChI=1S/C16H18BrN3O5S/c1-26(24,25)19-8-6-18(7-9-19)14(21)4-5-20-15(22)12-3-2-11(17)10-13(12)16(20)23/h2-3,10H,4-9H2,1H3. The van der Waals surface area contributed by atoms with E-state index >= 15 is 0 Å². The zero-order chi connectivity index (χ0) is 19.1. The fraction of sp³-hybridized carbons (Fsp3) is 0.438. The summed E-state index contributed by atoms with van der Waals surface area (Å²) < 4.78 is 25.0. The van der Waals surface area contributed by atoms with Crippen molar-refractivity contribution in [2.45, 2.75) is 6.42 Å². The summed E-state index contributed by atoms with van der Waals surface area (Å²) in [5, 5.41) is 0. The number of fused-ring (bicyclic) bond motifs is 1. The molecule has 140 valence electrons. The van der Waals surface area contributed by atoms with Gasteiger partial charge in [0.2, 0.25) is 15.9 Å². The van der Waals surface area contributed by atoms with E-state index in [9.17, 15) is 22.8 Å². The van der Waals surface area contributed by atoms with Crippen LogP contribution in [0.5, 0.6) is 0 Å². The van der Waals surface area contributed by atoms with Crippen molar-refractivity contribution in [3.63, 3.8) is 0 Å². The molecule has 26 heavy (non-hydrogen) atoms. The Morgan fingerprint density at radius 3 is 2.31 bits per heavy atom. The van der Waals surface area contributed by atoms with Crippen LogP contribution < -0.4 is 0 Å². The topological polar surface area (TPSA) is 95.1 Å². The van der Waals surface area contributed by atoms with Gasteiger partial charge in [0.25, 0.3) is 11.8 Å². The highest BCUT2D eigenvalue weighted by molar-refractivity contribution is 9.10. The Morgan fingerprint density at radius 2 is 1.69 bits per heavy atom. The summed E-state index contributed by atoms with van der Waals surface area (Å²) in [6.07, 6.45) is 1.16. The first-order chi connectivity index (χ1) is 12.2. The molecule has 2 heterocycles. The maximum absolute atomic E-state index is 12.4. The number of benzene rings is 1. The van der Waals surface area contributed by atoms with Gasteiger partial charge in [-0.1, -0.05) is 15.9 Å².